The Morgan fingerprint density at radius 3 is 1.47 bits per heavy atom. The van der Waals surface area contributed by atoms with Crippen molar-refractivity contribution >= 4 is 0 Å². The average Bonchev–Trinajstić information content (AvgIpc) is 2.11. The van der Waals surface area contributed by atoms with Gasteiger partial charge in [0.2, 0.25) is 0 Å². The average molecular weight is 274 g/mol. The molecule has 0 fully saturated rings. The summed E-state index contributed by atoms with van der Waals surface area (Å²) in [6, 6.07) is 0. The Labute approximate surface area is 119 Å². The lowest BCUT2D eigenvalue weighted by Gasteiger charge is -2.46. The van der Waals surface area contributed by atoms with Crippen LogP contribution in [0.2, 0.25) is 0 Å². The van der Waals surface area contributed by atoms with Crippen LogP contribution in [0.25, 0.3) is 0 Å². The van der Waals surface area contributed by atoms with Gasteiger partial charge in [-0.15, -0.1) is 0 Å². The predicted molar refractivity (Wildman–Crippen MR) is 80.0 cm³/mol. The standard InChI is InChI=1S/C16H34O3/c1-13(2,11-17)9-14(3,4)12(18)15(5,6)10-16(7,8)19/h12,17-19H,9-11H2,1-8H3. The molecule has 0 heterocycles. The van der Waals surface area contributed by atoms with Crippen LogP contribution in [0.4, 0.5) is 0 Å². The third kappa shape index (κ3) is 6.24. The second kappa shape index (κ2) is 5.71. The van der Waals surface area contributed by atoms with Crippen LogP contribution in [-0.4, -0.2) is 33.6 Å². The van der Waals surface area contributed by atoms with E-state index in [2.05, 4.69) is 0 Å². The fourth-order valence-electron chi connectivity index (χ4n) is 3.66. The first-order valence-electron chi connectivity index (χ1n) is 7.14. The van der Waals surface area contributed by atoms with Crippen LogP contribution in [0.5, 0.6) is 0 Å². The molecule has 0 aromatic rings. The number of rotatable bonds is 7. The van der Waals surface area contributed by atoms with E-state index in [4.69, 9.17) is 0 Å². The highest BCUT2D eigenvalue weighted by Crippen LogP contribution is 2.44. The number of hydrogen-bond acceptors (Lipinski definition) is 3. The minimum absolute atomic E-state index is 0.106. The summed E-state index contributed by atoms with van der Waals surface area (Å²) in [6.45, 7) is 15.7. The molecule has 19 heavy (non-hydrogen) atoms. The molecule has 0 aliphatic rings. The largest absolute Gasteiger partial charge is 0.396 e. The van der Waals surface area contributed by atoms with Crippen molar-refractivity contribution in [1.82, 2.24) is 0 Å². The SMILES string of the molecule is CC(C)(O)CC(C)(C)C(O)C(C)(C)CC(C)(C)CO. The van der Waals surface area contributed by atoms with Crippen LogP contribution >= 0.6 is 0 Å². The van der Waals surface area contributed by atoms with Gasteiger partial charge in [0.05, 0.1) is 11.7 Å². The zero-order chi connectivity index (χ0) is 15.7. The van der Waals surface area contributed by atoms with Crippen LogP contribution in [0.15, 0.2) is 0 Å². The molecule has 0 bridgehead atoms. The van der Waals surface area contributed by atoms with Crippen molar-refractivity contribution in [2.45, 2.75) is 79.9 Å². The smallest absolute Gasteiger partial charge is 0.0643 e. The van der Waals surface area contributed by atoms with Crippen molar-refractivity contribution in [1.29, 1.82) is 0 Å². The maximum absolute atomic E-state index is 10.7. The van der Waals surface area contributed by atoms with Crippen molar-refractivity contribution in [3.05, 3.63) is 0 Å². The zero-order valence-electron chi connectivity index (χ0n) is 14.0. The summed E-state index contributed by atoms with van der Waals surface area (Å²) in [5, 5.41) is 30.1. The van der Waals surface area contributed by atoms with E-state index in [0.29, 0.717) is 6.42 Å². The van der Waals surface area contributed by atoms with Crippen LogP contribution < -0.4 is 0 Å². The molecule has 0 saturated heterocycles. The normalized spacial score (nSPS) is 16.6. The molecule has 0 aromatic carbocycles. The third-order valence-corrected chi connectivity index (χ3v) is 3.73. The highest BCUT2D eigenvalue weighted by atomic mass is 16.3. The Morgan fingerprint density at radius 2 is 1.16 bits per heavy atom. The maximum atomic E-state index is 10.7. The molecule has 1 unspecified atom stereocenters. The quantitative estimate of drug-likeness (QED) is 0.669. The fourth-order valence-corrected chi connectivity index (χ4v) is 3.66. The number of aliphatic hydroxyl groups excluding tert-OH is 2. The first kappa shape index (κ1) is 18.9. The Hall–Kier alpha value is -0.120. The lowest BCUT2D eigenvalue weighted by molar-refractivity contribution is -0.0932. The van der Waals surface area contributed by atoms with Crippen molar-refractivity contribution in [2.24, 2.45) is 16.2 Å². The molecular weight excluding hydrogens is 240 g/mol. The van der Waals surface area contributed by atoms with Gasteiger partial charge in [-0.1, -0.05) is 41.5 Å². The first-order valence-corrected chi connectivity index (χ1v) is 7.14. The van der Waals surface area contributed by atoms with Crippen molar-refractivity contribution in [3.8, 4) is 0 Å². The second-order valence-electron chi connectivity index (χ2n) is 8.87. The van der Waals surface area contributed by atoms with Crippen molar-refractivity contribution < 1.29 is 15.3 Å². The minimum atomic E-state index is -0.799. The summed E-state index contributed by atoms with van der Waals surface area (Å²) >= 11 is 0. The molecule has 116 valence electrons. The van der Waals surface area contributed by atoms with Gasteiger partial charge in [0, 0.05) is 6.61 Å². The molecule has 0 aliphatic heterocycles. The van der Waals surface area contributed by atoms with Crippen LogP contribution in [0, 0.1) is 16.2 Å². The molecule has 0 aliphatic carbocycles. The number of aliphatic hydroxyl groups is 3. The Balaban J connectivity index is 5.01. The van der Waals surface area contributed by atoms with Crippen LogP contribution in [0.1, 0.15) is 68.2 Å². The summed E-state index contributed by atoms with van der Waals surface area (Å²) in [7, 11) is 0. The van der Waals surface area contributed by atoms with E-state index in [0.717, 1.165) is 6.42 Å². The van der Waals surface area contributed by atoms with Gasteiger partial charge in [0.15, 0.2) is 0 Å². The third-order valence-electron chi connectivity index (χ3n) is 3.73. The topological polar surface area (TPSA) is 60.7 Å². The molecule has 0 saturated carbocycles. The van der Waals surface area contributed by atoms with E-state index in [1.807, 2.05) is 41.5 Å². The molecule has 0 spiro atoms. The molecule has 0 amide bonds. The highest BCUT2D eigenvalue weighted by Gasteiger charge is 2.43. The van der Waals surface area contributed by atoms with E-state index in [-0.39, 0.29) is 22.9 Å². The molecule has 3 nitrogen and oxygen atoms in total. The number of hydrogen-bond donors (Lipinski definition) is 3. The van der Waals surface area contributed by atoms with Gasteiger partial charge in [0.1, 0.15) is 0 Å². The lowest BCUT2D eigenvalue weighted by Crippen LogP contribution is -2.47. The summed E-state index contributed by atoms with van der Waals surface area (Å²) in [6.07, 6.45) is 0.717. The van der Waals surface area contributed by atoms with E-state index >= 15 is 0 Å². The van der Waals surface area contributed by atoms with Gasteiger partial charge < -0.3 is 15.3 Å². The van der Waals surface area contributed by atoms with E-state index in [1.54, 1.807) is 13.8 Å². The van der Waals surface area contributed by atoms with E-state index in [9.17, 15) is 15.3 Å². The molecule has 0 aromatic heterocycles. The molecule has 3 heteroatoms. The summed E-state index contributed by atoms with van der Waals surface area (Å²) in [5.41, 5.74) is -1.71. The van der Waals surface area contributed by atoms with Gasteiger partial charge in [-0.2, -0.15) is 0 Å². The Morgan fingerprint density at radius 1 is 0.789 bits per heavy atom. The first-order chi connectivity index (χ1) is 8.13. The zero-order valence-corrected chi connectivity index (χ0v) is 14.0. The fraction of sp³-hybridized carbons (Fsp3) is 1.00. The van der Waals surface area contributed by atoms with Gasteiger partial charge in [-0.3, -0.25) is 0 Å². The molecule has 0 rings (SSSR count). The van der Waals surface area contributed by atoms with Crippen LogP contribution in [0.3, 0.4) is 0 Å². The maximum Gasteiger partial charge on any atom is 0.0643 e. The van der Waals surface area contributed by atoms with Crippen molar-refractivity contribution in [3.63, 3.8) is 0 Å². The predicted octanol–water partition coefficient (Wildman–Crippen LogP) is 2.97. The molecule has 1 atom stereocenters. The molecular formula is C16H34O3. The van der Waals surface area contributed by atoms with E-state index < -0.39 is 11.7 Å². The van der Waals surface area contributed by atoms with E-state index in [1.165, 1.54) is 0 Å². The molecule has 3 N–H and O–H groups in total. The summed E-state index contributed by atoms with van der Waals surface area (Å²) < 4.78 is 0. The molecule has 0 radical (unpaired) electrons. The van der Waals surface area contributed by atoms with Gasteiger partial charge in [-0.25, -0.2) is 0 Å². The monoisotopic (exact) mass is 274 g/mol. The van der Waals surface area contributed by atoms with Gasteiger partial charge in [0.25, 0.3) is 0 Å². The highest BCUT2D eigenvalue weighted by molar-refractivity contribution is 4.94. The lowest BCUT2D eigenvalue weighted by atomic mass is 9.63. The minimum Gasteiger partial charge on any atom is -0.396 e. The van der Waals surface area contributed by atoms with Gasteiger partial charge in [-0.05, 0) is 42.9 Å². The Kier molecular flexibility index (Phi) is 5.67. The summed E-state index contributed by atoms with van der Waals surface area (Å²) in [4.78, 5) is 0. The Bertz CT molecular complexity index is 285. The second-order valence-corrected chi connectivity index (χ2v) is 8.87. The van der Waals surface area contributed by atoms with Crippen LogP contribution in [-0.2, 0) is 0 Å². The van der Waals surface area contributed by atoms with Crippen molar-refractivity contribution in [2.75, 3.05) is 6.61 Å². The van der Waals surface area contributed by atoms with Gasteiger partial charge >= 0.3 is 0 Å². The summed E-state index contributed by atoms with van der Waals surface area (Å²) in [5.74, 6) is 0.